The molecule has 2 fully saturated rings. The van der Waals surface area contributed by atoms with Gasteiger partial charge in [0.05, 0.1) is 12.8 Å². The van der Waals surface area contributed by atoms with Crippen LogP contribution in [-0.4, -0.2) is 68.1 Å². The zero-order valence-electron chi connectivity index (χ0n) is 19.7. The van der Waals surface area contributed by atoms with Crippen molar-refractivity contribution in [1.82, 2.24) is 15.1 Å². The van der Waals surface area contributed by atoms with Crippen molar-refractivity contribution in [2.75, 3.05) is 51.3 Å². The Labute approximate surface area is 207 Å². The molecule has 1 atom stereocenters. The second-order valence-electron chi connectivity index (χ2n) is 9.16. The average Bonchev–Trinajstić information content (AvgIpc) is 3.09. The molecule has 7 nitrogen and oxygen atoms in total. The normalized spacial score (nSPS) is 22.4. The van der Waals surface area contributed by atoms with Crippen molar-refractivity contribution >= 4 is 30.0 Å². The highest BCUT2D eigenvalue weighted by Crippen LogP contribution is 2.39. The number of hydrogen-bond acceptors (Lipinski definition) is 5. The van der Waals surface area contributed by atoms with Gasteiger partial charge in [0.2, 0.25) is 0 Å². The number of nitrogens with one attached hydrogen (secondary N) is 1. The zero-order valence-corrected chi connectivity index (χ0v) is 20.5. The molecule has 2 aliphatic heterocycles. The molecule has 2 aromatic carbocycles. The number of fused-ring (bicyclic) bond motifs is 2. The fourth-order valence-corrected chi connectivity index (χ4v) is 5.57. The number of hydrogen-bond donors (Lipinski definition) is 1. The molecule has 2 heterocycles. The highest BCUT2D eigenvalue weighted by molar-refractivity contribution is 6.07. The summed E-state index contributed by atoms with van der Waals surface area (Å²) < 4.78 is 5.51. The Balaban J connectivity index is 0.00000274. The van der Waals surface area contributed by atoms with Gasteiger partial charge >= 0.3 is 6.03 Å². The van der Waals surface area contributed by atoms with E-state index in [9.17, 15) is 9.59 Å². The van der Waals surface area contributed by atoms with E-state index in [2.05, 4.69) is 27.2 Å². The molecule has 1 aliphatic carbocycles. The van der Waals surface area contributed by atoms with E-state index in [0.29, 0.717) is 13.0 Å². The minimum absolute atomic E-state index is 0. The van der Waals surface area contributed by atoms with Crippen LogP contribution < -0.4 is 15.0 Å². The van der Waals surface area contributed by atoms with E-state index >= 15 is 0 Å². The molecule has 182 valence electrons. The van der Waals surface area contributed by atoms with Crippen LogP contribution in [0.5, 0.6) is 5.75 Å². The lowest BCUT2D eigenvalue weighted by Gasteiger charge is -2.36. The molecule has 3 aliphatic rings. The number of amides is 3. The molecule has 2 aromatic rings. The first kappa shape index (κ1) is 24.4. The van der Waals surface area contributed by atoms with Gasteiger partial charge in [0.25, 0.3) is 5.91 Å². The van der Waals surface area contributed by atoms with Crippen LogP contribution in [-0.2, 0) is 16.8 Å². The third kappa shape index (κ3) is 4.34. The van der Waals surface area contributed by atoms with Crippen LogP contribution in [0.3, 0.4) is 0 Å². The minimum atomic E-state index is -0.869. The predicted molar refractivity (Wildman–Crippen MR) is 135 cm³/mol. The number of benzene rings is 2. The van der Waals surface area contributed by atoms with Crippen LogP contribution in [0.25, 0.3) is 0 Å². The molecule has 5 rings (SSSR count). The second-order valence-corrected chi connectivity index (χ2v) is 9.16. The predicted octanol–water partition coefficient (Wildman–Crippen LogP) is 3.41. The number of carbonyl (C=O) groups excluding carboxylic acids is 2. The largest absolute Gasteiger partial charge is 0.495 e. The second kappa shape index (κ2) is 10.2. The van der Waals surface area contributed by atoms with E-state index in [0.717, 1.165) is 69.0 Å². The summed E-state index contributed by atoms with van der Waals surface area (Å²) in [7, 11) is 1.71. The number of piperazine rings is 1. The summed E-state index contributed by atoms with van der Waals surface area (Å²) in [4.78, 5) is 32.4. The number of ether oxygens (including phenoxy) is 1. The van der Waals surface area contributed by atoms with Crippen molar-refractivity contribution in [3.05, 3.63) is 59.7 Å². The molecule has 3 amide bonds. The molecule has 1 N–H and O–H groups in total. The molecular weight excluding hydrogens is 452 g/mol. The lowest BCUT2D eigenvalue weighted by molar-refractivity contribution is -0.132. The Morgan fingerprint density at radius 2 is 1.71 bits per heavy atom. The summed E-state index contributed by atoms with van der Waals surface area (Å²) in [6.45, 7) is 5.11. The van der Waals surface area contributed by atoms with Gasteiger partial charge in [-0.2, -0.15) is 0 Å². The first-order valence-electron chi connectivity index (χ1n) is 12.0. The van der Waals surface area contributed by atoms with Crippen LogP contribution in [0, 0.1) is 0 Å². The number of nitrogens with zero attached hydrogens (tertiary/aromatic N) is 3. The Morgan fingerprint density at radius 1 is 0.971 bits per heavy atom. The van der Waals surface area contributed by atoms with E-state index < -0.39 is 5.54 Å². The SMILES string of the molecule is COc1ccccc1N1CCN(CCCN2C(=O)NC3(CCCc4ccccc43)C2=O)CC1.Cl. The minimum Gasteiger partial charge on any atom is -0.495 e. The fourth-order valence-electron chi connectivity index (χ4n) is 5.57. The zero-order chi connectivity index (χ0) is 22.8. The number of urea groups is 1. The van der Waals surface area contributed by atoms with Gasteiger partial charge < -0.3 is 15.0 Å². The topological polar surface area (TPSA) is 65.1 Å². The number of rotatable bonds is 6. The Morgan fingerprint density at radius 3 is 2.50 bits per heavy atom. The molecule has 0 radical (unpaired) electrons. The van der Waals surface area contributed by atoms with Gasteiger partial charge in [0.15, 0.2) is 0 Å². The van der Waals surface area contributed by atoms with Crippen molar-refractivity contribution in [2.24, 2.45) is 0 Å². The van der Waals surface area contributed by atoms with E-state index in [1.807, 2.05) is 36.4 Å². The first-order chi connectivity index (χ1) is 16.1. The fraction of sp³-hybridized carbons (Fsp3) is 0.462. The molecule has 0 saturated carbocycles. The van der Waals surface area contributed by atoms with E-state index in [1.54, 1.807) is 7.11 Å². The number of halogens is 1. The molecular formula is C26H33ClN4O3. The van der Waals surface area contributed by atoms with Crippen LogP contribution in [0.15, 0.2) is 48.5 Å². The number of anilines is 1. The number of methoxy groups -OCH3 is 1. The van der Waals surface area contributed by atoms with E-state index in [4.69, 9.17) is 4.74 Å². The number of aryl methyl sites for hydroxylation is 1. The Bertz CT molecular complexity index is 1040. The lowest BCUT2D eigenvalue weighted by atomic mass is 9.76. The third-order valence-electron chi connectivity index (χ3n) is 7.30. The number of imide groups is 1. The van der Waals surface area contributed by atoms with Crippen molar-refractivity contribution < 1.29 is 14.3 Å². The summed E-state index contributed by atoms with van der Waals surface area (Å²) in [6.07, 6.45) is 3.33. The van der Waals surface area contributed by atoms with Gasteiger partial charge in [0, 0.05) is 32.7 Å². The molecule has 2 saturated heterocycles. The van der Waals surface area contributed by atoms with Gasteiger partial charge in [-0.05, 0) is 55.5 Å². The standard InChI is InChI=1S/C26H32N4O3.ClH/c1-33-23-12-5-4-11-22(23)29-18-16-28(17-19-29)14-7-15-30-24(31)26(27-25(30)32)13-6-9-20-8-2-3-10-21(20)26;/h2-5,8,10-12H,6-7,9,13-19H2,1H3,(H,27,32);1H. The van der Waals surface area contributed by atoms with Gasteiger partial charge in [-0.15, -0.1) is 12.4 Å². The summed E-state index contributed by atoms with van der Waals surface area (Å²) in [6, 6.07) is 15.9. The molecule has 34 heavy (non-hydrogen) atoms. The summed E-state index contributed by atoms with van der Waals surface area (Å²) in [5, 5.41) is 3.05. The Hall–Kier alpha value is -2.77. The highest BCUT2D eigenvalue weighted by Gasteiger charge is 2.53. The number of carbonyl (C=O) groups is 2. The molecule has 1 unspecified atom stereocenters. The van der Waals surface area contributed by atoms with E-state index in [1.165, 1.54) is 10.5 Å². The first-order valence-corrected chi connectivity index (χ1v) is 12.0. The molecule has 0 bridgehead atoms. The van der Waals surface area contributed by atoms with Crippen LogP contribution >= 0.6 is 12.4 Å². The van der Waals surface area contributed by atoms with Crippen molar-refractivity contribution in [3.63, 3.8) is 0 Å². The van der Waals surface area contributed by atoms with Crippen molar-refractivity contribution in [2.45, 2.75) is 31.2 Å². The van der Waals surface area contributed by atoms with Gasteiger partial charge in [0.1, 0.15) is 11.3 Å². The monoisotopic (exact) mass is 484 g/mol. The van der Waals surface area contributed by atoms with Crippen LogP contribution in [0.4, 0.5) is 10.5 Å². The van der Waals surface area contributed by atoms with Gasteiger partial charge in [-0.3, -0.25) is 14.6 Å². The van der Waals surface area contributed by atoms with E-state index in [-0.39, 0.29) is 24.3 Å². The highest BCUT2D eigenvalue weighted by atomic mass is 35.5. The smallest absolute Gasteiger partial charge is 0.325 e. The average molecular weight is 485 g/mol. The molecule has 8 heteroatoms. The summed E-state index contributed by atoms with van der Waals surface area (Å²) >= 11 is 0. The van der Waals surface area contributed by atoms with Crippen molar-refractivity contribution in [1.29, 1.82) is 0 Å². The van der Waals surface area contributed by atoms with Crippen molar-refractivity contribution in [3.8, 4) is 5.75 Å². The maximum Gasteiger partial charge on any atom is 0.325 e. The van der Waals surface area contributed by atoms with Gasteiger partial charge in [-0.1, -0.05) is 36.4 Å². The lowest BCUT2D eigenvalue weighted by Crippen LogP contribution is -2.47. The number of para-hydroxylation sites is 2. The molecule has 0 aromatic heterocycles. The van der Waals surface area contributed by atoms with Gasteiger partial charge in [-0.25, -0.2) is 4.79 Å². The third-order valence-corrected chi connectivity index (χ3v) is 7.30. The molecule has 1 spiro atoms. The Kier molecular flexibility index (Phi) is 7.33. The van der Waals surface area contributed by atoms with Crippen LogP contribution in [0.1, 0.15) is 30.4 Å². The maximum absolute atomic E-state index is 13.4. The summed E-state index contributed by atoms with van der Waals surface area (Å²) in [5.74, 6) is 0.823. The summed E-state index contributed by atoms with van der Waals surface area (Å²) in [5.41, 5.74) is 2.42. The van der Waals surface area contributed by atoms with Crippen LogP contribution in [0.2, 0.25) is 0 Å². The maximum atomic E-state index is 13.4. The quantitative estimate of drug-likeness (QED) is 0.636.